The number of benzene rings is 2. The summed E-state index contributed by atoms with van der Waals surface area (Å²) in [6.07, 6.45) is 1.80. The molecule has 2 aromatic heterocycles. The number of hydrogen-bond donors (Lipinski definition) is 1. The summed E-state index contributed by atoms with van der Waals surface area (Å²) in [5.41, 5.74) is 2.95. The first-order valence-electron chi connectivity index (χ1n) is 8.57. The normalized spacial score (nSPS) is 12.0. The van der Waals surface area contributed by atoms with Crippen molar-refractivity contribution in [3.63, 3.8) is 0 Å². The van der Waals surface area contributed by atoms with E-state index < -0.39 is 0 Å². The van der Waals surface area contributed by atoms with Crippen LogP contribution in [0.3, 0.4) is 0 Å². The molecule has 0 fully saturated rings. The Balaban J connectivity index is 1.53. The van der Waals surface area contributed by atoms with Crippen LogP contribution >= 0.6 is 15.9 Å². The average Bonchev–Trinajstić information content (AvgIpc) is 3.19. The fraction of sp³-hybridized carbons (Fsp3) is 0.0952. The number of aromatic nitrogens is 3. The summed E-state index contributed by atoms with van der Waals surface area (Å²) in [6, 6.07) is 23.8. The Bertz CT molecular complexity index is 965. The first-order valence-corrected chi connectivity index (χ1v) is 9.36. The van der Waals surface area contributed by atoms with Crippen LogP contribution in [0.5, 0.6) is 0 Å². The molecular formula is C21H17BrN4O. The summed E-state index contributed by atoms with van der Waals surface area (Å²) < 4.78 is 6.79. The lowest BCUT2D eigenvalue weighted by Gasteiger charge is -2.17. The third-order valence-electron chi connectivity index (χ3n) is 4.11. The average molecular weight is 421 g/mol. The van der Waals surface area contributed by atoms with Gasteiger partial charge in [-0.2, -0.15) is 0 Å². The number of rotatable bonds is 6. The van der Waals surface area contributed by atoms with Gasteiger partial charge in [-0.15, -0.1) is 10.2 Å². The van der Waals surface area contributed by atoms with Crippen molar-refractivity contribution in [1.82, 2.24) is 20.5 Å². The molecule has 0 spiro atoms. The number of pyridine rings is 1. The molecule has 0 aliphatic rings. The topological polar surface area (TPSA) is 63.8 Å². The van der Waals surface area contributed by atoms with Gasteiger partial charge in [0.25, 0.3) is 0 Å². The minimum Gasteiger partial charge on any atom is -0.419 e. The molecule has 0 saturated carbocycles. The second kappa shape index (κ2) is 8.24. The highest BCUT2D eigenvalue weighted by Gasteiger charge is 2.16. The molecule has 6 heteroatoms. The molecule has 2 heterocycles. The van der Waals surface area contributed by atoms with E-state index in [0.29, 0.717) is 18.3 Å². The maximum absolute atomic E-state index is 5.82. The minimum absolute atomic E-state index is 0.0615. The van der Waals surface area contributed by atoms with E-state index in [4.69, 9.17) is 4.42 Å². The molecule has 1 unspecified atom stereocenters. The van der Waals surface area contributed by atoms with Gasteiger partial charge in [0.05, 0.1) is 18.3 Å². The van der Waals surface area contributed by atoms with Gasteiger partial charge in [0.15, 0.2) is 0 Å². The summed E-state index contributed by atoms with van der Waals surface area (Å²) in [5, 5.41) is 11.8. The van der Waals surface area contributed by atoms with E-state index in [9.17, 15) is 0 Å². The van der Waals surface area contributed by atoms with E-state index >= 15 is 0 Å². The highest BCUT2D eigenvalue weighted by atomic mass is 79.9. The molecule has 5 nitrogen and oxygen atoms in total. The predicted molar refractivity (Wildman–Crippen MR) is 107 cm³/mol. The van der Waals surface area contributed by atoms with Crippen molar-refractivity contribution in [2.45, 2.75) is 12.6 Å². The van der Waals surface area contributed by atoms with Crippen molar-refractivity contribution in [3.05, 3.63) is 101 Å². The summed E-state index contributed by atoms with van der Waals surface area (Å²) in [6.45, 7) is 0.442. The van der Waals surface area contributed by atoms with Crippen molar-refractivity contribution >= 4 is 15.9 Å². The van der Waals surface area contributed by atoms with Crippen LogP contribution in [0.4, 0.5) is 0 Å². The number of halogens is 1. The number of hydrogen-bond acceptors (Lipinski definition) is 5. The molecule has 0 amide bonds. The fourth-order valence-corrected chi connectivity index (χ4v) is 3.24. The first kappa shape index (κ1) is 17.6. The van der Waals surface area contributed by atoms with Crippen molar-refractivity contribution in [2.24, 2.45) is 0 Å². The summed E-state index contributed by atoms with van der Waals surface area (Å²) in [7, 11) is 0. The van der Waals surface area contributed by atoms with Crippen LogP contribution in [0.15, 0.2) is 87.9 Å². The van der Waals surface area contributed by atoms with Gasteiger partial charge in [-0.05, 0) is 35.9 Å². The largest absolute Gasteiger partial charge is 0.419 e. The zero-order chi connectivity index (χ0) is 18.5. The molecule has 0 aliphatic heterocycles. The Morgan fingerprint density at radius 3 is 2.56 bits per heavy atom. The SMILES string of the molecule is Brc1cccc(-c2nnc(CNC(c3ccccc3)c3ccccn3)o2)c1. The minimum atomic E-state index is -0.0615. The summed E-state index contributed by atoms with van der Waals surface area (Å²) in [5.74, 6) is 1.03. The molecule has 0 radical (unpaired) electrons. The molecule has 134 valence electrons. The van der Waals surface area contributed by atoms with Crippen molar-refractivity contribution in [1.29, 1.82) is 0 Å². The van der Waals surface area contributed by atoms with Crippen LogP contribution in [-0.2, 0) is 6.54 Å². The molecule has 27 heavy (non-hydrogen) atoms. The van der Waals surface area contributed by atoms with Gasteiger partial charge < -0.3 is 4.42 Å². The van der Waals surface area contributed by atoms with Crippen molar-refractivity contribution in [2.75, 3.05) is 0 Å². The van der Waals surface area contributed by atoms with Crippen molar-refractivity contribution in [3.8, 4) is 11.5 Å². The van der Waals surface area contributed by atoms with Gasteiger partial charge in [-0.1, -0.05) is 58.4 Å². The maximum Gasteiger partial charge on any atom is 0.247 e. The van der Waals surface area contributed by atoms with Gasteiger partial charge >= 0.3 is 0 Å². The van der Waals surface area contributed by atoms with E-state index in [1.54, 1.807) is 6.20 Å². The third-order valence-corrected chi connectivity index (χ3v) is 4.61. The van der Waals surface area contributed by atoms with E-state index in [2.05, 4.69) is 48.6 Å². The molecule has 0 saturated heterocycles. The van der Waals surface area contributed by atoms with Gasteiger partial charge in [-0.3, -0.25) is 10.3 Å². The molecule has 4 aromatic rings. The van der Waals surface area contributed by atoms with Gasteiger partial charge in [0.2, 0.25) is 11.8 Å². The third kappa shape index (κ3) is 4.30. The highest BCUT2D eigenvalue weighted by molar-refractivity contribution is 9.10. The van der Waals surface area contributed by atoms with Crippen LogP contribution in [-0.4, -0.2) is 15.2 Å². The first-order chi connectivity index (χ1) is 13.3. The van der Waals surface area contributed by atoms with Crippen LogP contribution in [0.1, 0.15) is 23.2 Å². The van der Waals surface area contributed by atoms with Crippen LogP contribution in [0.2, 0.25) is 0 Å². The highest BCUT2D eigenvalue weighted by Crippen LogP contribution is 2.23. The molecule has 4 rings (SSSR count). The Kier molecular flexibility index (Phi) is 5.37. The second-order valence-electron chi connectivity index (χ2n) is 5.99. The Morgan fingerprint density at radius 1 is 0.926 bits per heavy atom. The quantitative estimate of drug-likeness (QED) is 0.486. The Hall–Kier alpha value is -2.83. The molecule has 1 atom stereocenters. The number of nitrogens with one attached hydrogen (secondary N) is 1. The zero-order valence-electron chi connectivity index (χ0n) is 14.4. The monoisotopic (exact) mass is 420 g/mol. The van der Waals surface area contributed by atoms with E-state index in [-0.39, 0.29) is 6.04 Å². The Morgan fingerprint density at radius 2 is 1.78 bits per heavy atom. The molecule has 1 N–H and O–H groups in total. The van der Waals surface area contributed by atoms with E-state index in [1.165, 1.54) is 0 Å². The lowest BCUT2D eigenvalue weighted by atomic mass is 10.0. The lowest BCUT2D eigenvalue weighted by Crippen LogP contribution is -2.23. The van der Waals surface area contributed by atoms with Crippen molar-refractivity contribution < 1.29 is 4.42 Å². The van der Waals surface area contributed by atoms with Gasteiger partial charge in [-0.25, -0.2) is 0 Å². The Labute approximate surface area is 165 Å². The van der Waals surface area contributed by atoms with Gasteiger partial charge in [0.1, 0.15) is 0 Å². The van der Waals surface area contributed by atoms with Crippen LogP contribution in [0, 0.1) is 0 Å². The van der Waals surface area contributed by atoms with Crippen LogP contribution in [0.25, 0.3) is 11.5 Å². The smallest absolute Gasteiger partial charge is 0.247 e. The standard InChI is InChI=1S/C21H17BrN4O/c22-17-10-6-9-16(13-17)21-26-25-19(27-21)14-24-20(15-7-2-1-3-8-15)18-11-4-5-12-23-18/h1-13,20,24H,14H2. The lowest BCUT2D eigenvalue weighted by molar-refractivity contribution is 0.459. The fourth-order valence-electron chi connectivity index (χ4n) is 2.84. The van der Waals surface area contributed by atoms with E-state index in [0.717, 1.165) is 21.3 Å². The summed E-state index contributed by atoms with van der Waals surface area (Å²) >= 11 is 3.46. The van der Waals surface area contributed by atoms with E-state index in [1.807, 2.05) is 60.7 Å². The predicted octanol–water partition coefficient (Wildman–Crippen LogP) is 4.77. The maximum atomic E-state index is 5.82. The summed E-state index contributed by atoms with van der Waals surface area (Å²) in [4.78, 5) is 4.50. The molecule has 2 aromatic carbocycles. The van der Waals surface area contributed by atoms with Gasteiger partial charge in [0, 0.05) is 16.2 Å². The van der Waals surface area contributed by atoms with Crippen LogP contribution < -0.4 is 5.32 Å². The molecular weight excluding hydrogens is 404 g/mol. The molecule has 0 bridgehead atoms. The number of nitrogens with zero attached hydrogens (tertiary/aromatic N) is 3. The second-order valence-corrected chi connectivity index (χ2v) is 6.91. The zero-order valence-corrected chi connectivity index (χ0v) is 16.0. The molecule has 0 aliphatic carbocycles.